The van der Waals surface area contributed by atoms with Gasteiger partial charge in [-0.2, -0.15) is 0 Å². The molecule has 1 amide bonds. The molecule has 2 N–H and O–H groups in total. The number of halogens is 2. The molecular weight excluding hydrogens is 418 g/mol. The number of hydrogen-bond acceptors (Lipinski definition) is 4. The molecule has 0 saturated heterocycles. The van der Waals surface area contributed by atoms with Gasteiger partial charge in [0, 0.05) is 4.47 Å². The molecule has 0 atom stereocenters. The number of carbonyl (C=O) groups is 1. The van der Waals surface area contributed by atoms with Crippen LogP contribution in [0.1, 0.15) is 10.4 Å². The van der Waals surface area contributed by atoms with Gasteiger partial charge in [-0.1, -0.05) is 41.1 Å². The molecule has 1 heterocycles. The summed E-state index contributed by atoms with van der Waals surface area (Å²) in [7, 11) is 0. The fourth-order valence-corrected chi connectivity index (χ4v) is 3.80. The van der Waals surface area contributed by atoms with Crippen molar-refractivity contribution in [3.63, 3.8) is 0 Å². The second-order valence-corrected chi connectivity index (χ2v) is 7.19. The van der Waals surface area contributed by atoms with Gasteiger partial charge in [-0.15, -0.1) is 0 Å². The van der Waals surface area contributed by atoms with E-state index in [9.17, 15) is 4.79 Å². The lowest BCUT2D eigenvalue weighted by molar-refractivity contribution is 0.0977. The molecule has 23 heavy (non-hydrogen) atoms. The monoisotopic (exact) mass is 425 g/mol. The molecule has 0 radical (unpaired) electrons. The Bertz CT molecular complexity index is 913. The lowest BCUT2D eigenvalue weighted by Crippen LogP contribution is -2.34. The minimum atomic E-state index is -0.297. The highest BCUT2D eigenvalue weighted by Gasteiger charge is 2.12. The Balaban J connectivity index is 1.72. The van der Waals surface area contributed by atoms with E-state index >= 15 is 0 Å². The topological polar surface area (TPSA) is 54.0 Å². The average Bonchev–Trinajstić information content (AvgIpc) is 2.91. The van der Waals surface area contributed by atoms with Gasteiger partial charge in [0.25, 0.3) is 5.91 Å². The highest BCUT2D eigenvalue weighted by atomic mass is 79.9. The van der Waals surface area contributed by atoms with Crippen molar-refractivity contribution in [1.29, 1.82) is 0 Å². The van der Waals surface area contributed by atoms with Crippen molar-refractivity contribution in [2.75, 3.05) is 5.32 Å². The summed E-state index contributed by atoms with van der Waals surface area (Å²) < 4.78 is 1.65. The first-order chi connectivity index (χ1) is 11.0. The maximum absolute atomic E-state index is 12.2. The highest BCUT2D eigenvalue weighted by molar-refractivity contribution is 9.10. The van der Waals surface area contributed by atoms with Crippen LogP contribution in [0.25, 0.3) is 10.2 Å². The number of amides is 1. The molecule has 8 heteroatoms. The number of para-hydroxylation sites is 1. The summed E-state index contributed by atoms with van der Waals surface area (Å²) in [6, 6.07) is 12.7. The third-order valence-electron chi connectivity index (χ3n) is 2.94. The zero-order valence-electron chi connectivity index (χ0n) is 11.5. The van der Waals surface area contributed by atoms with Crippen molar-refractivity contribution in [3.8, 4) is 0 Å². The van der Waals surface area contributed by atoms with Gasteiger partial charge in [-0.05, 0) is 52.4 Å². The van der Waals surface area contributed by atoms with E-state index in [1.807, 2.05) is 18.2 Å². The summed E-state index contributed by atoms with van der Waals surface area (Å²) in [5.74, 6) is -0.297. The second kappa shape index (κ2) is 6.92. The average molecular weight is 427 g/mol. The van der Waals surface area contributed by atoms with Gasteiger partial charge in [-0.25, -0.2) is 4.98 Å². The quantitative estimate of drug-likeness (QED) is 0.576. The van der Waals surface area contributed by atoms with Crippen molar-refractivity contribution in [3.05, 3.63) is 57.5 Å². The number of thiocarbonyl (C=S) groups is 1. The molecule has 1 aromatic heterocycles. The van der Waals surface area contributed by atoms with E-state index < -0.39 is 0 Å². The maximum atomic E-state index is 12.2. The molecule has 3 rings (SSSR count). The van der Waals surface area contributed by atoms with Gasteiger partial charge in [0.15, 0.2) is 10.2 Å². The number of hydrogen-bond donors (Lipinski definition) is 2. The fourth-order valence-electron chi connectivity index (χ4n) is 1.91. The molecule has 0 aliphatic heterocycles. The standard InChI is InChI=1S/C15H9BrClN3OS2/c16-9-5-2-1-4-8(9)13(21)19-14(22)20-15-18-12-10(17)6-3-7-11(12)23-15/h1-7H,(H2,18,19,20,21,22). The minimum absolute atomic E-state index is 0.181. The van der Waals surface area contributed by atoms with Crippen LogP contribution in [0.4, 0.5) is 5.13 Å². The Labute approximate surface area is 155 Å². The smallest absolute Gasteiger partial charge is 0.258 e. The predicted octanol–water partition coefficient (Wildman–Crippen LogP) is 4.84. The third kappa shape index (κ3) is 3.69. The molecule has 0 fully saturated rings. The summed E-state index contributed by atoms with van der Waals surface area (Å²) >= 11 is 16.0. The number of nitrogens with zero attached hydrogens (tertiary/aromatic N) is 1. The molecule has 0 spiro atoms. The summed E-state index contributed by atoms with van der Waals surface area (Å²) in [5, 5.41) is 6.88. The number of thiazole rings is 1. The summed E-state index contributed by atoms with van der Waals surface area (Å²) in [6.07, 6.45) is 0. The van der Waals surface area contributed by atoms with Gasteiger partial charge in [0.2, 0.25) is 0 Å². The number of aromatic nitrogens is 1. The maximum Gasteiger partial charge on any atom is 0.258 e. The summed E-state index contributed by atoms with van der Waals surface area (Å²) in [4.78, 5) is 16.6. The molecule has 116 valence electrons. The normalized spacial score (nSPS) is 10.5. The van der Waals surface area contributed by atoms with Crippen LogP contribution < -0.4 is 10.6 Å². The van der Waals surface area contributed by atoms with E-state index in [1.165, 1.54) is 11.3 Å². The molecule has 3 aromatic rings. The van der Waals surface area contributed by atoms with Gasteiger partial charge < -0.3 is 5.32 Å². The fraction of sp³-hybridized carbons (Fsp3) is 0. The molecule has 0 bridgehead atoms. The first kappa shape index (κ1) is 16.3. The number of carbonyl (C=O) groups excluding carboxylic acids is 1. The molecule has 4 nitrogen and oxygen atoms in total. The zero-order chi connectivity index (χ0) is 16.4. The lowest BCUT2D eigenvalue weighted by Gasteiger charge is -2.08. The number of rotatable bonds is 2. The Kier molecular flexibility index (Phi) is 4.91. The van der Waals surface area contributed by atoms with E-state index in [0.717, 1.165) is 4.70 Å². The number of benzene rings is 2. The molecule has 0 aliphatic carbocycles. The van der Waals surface area contributed by atoms with E-state index in [0.29, 0.717) is 25.7 Å². The van der Waals surface area contributed by atoms with Crippen molar-refractivity contribution < 1.29 is 4.79 Å². The van der Waals surface area contributed by atoms with Crippen LogP contribution in [0.15, 0.2) is 46.9 Å². The van der Waals surface area contributed by atoms with Crippen LogP contribution in [-0.2, 0) is 0 Å². The van der Waals surface area contributed by atoms with Crippen molar-refractivity contribution in [2.45, 2.75) is 0 Å². The van der Waals surface area contributed by atoms with Gasteiger partial charge in [0.05, 0.1) is 15.3 Å². The molecule has 0 saturated carbocycles. The van der Waals surface area contributed by atoms with Crippen LogP contribution in [0.5, 0.6) is 0 Å². The second-order valence-electron chi connectivity index (χ2n) is 4.49. The van der Waals surface area contributed by atoms with Crippen LogP contribution in [-0.4, -0.2) is 16.0 Å². The molecule has 0 aliphatic rings. The van der Waals surface area contributed by atoms with Gasteiger partial charge in [-0.3, -0.25) is 10.1 Å². The van der Waals surface area contributed by atoms with Crippen molar-refractivity contribution >= 4 is 77.5 Å². The zero-order valence-corrected chi connectivity index (χ0v) is 15.4. The summed E-state index contributed by atoms with van der Waals surface area (Å²) in [5.41, 5.74) is 1.21. The molecule has 0 unspecified atom stereocenters. The van der Waals surface area contributed by atoms with Crippen molar-refractivity contribution in [1.82, 2.24) is 10.3 Å². The first-order valence-corrected chi connectivity index (χ1v) is 8.86. The summed E-state index contributed by atoms with van der Waals surface area (Å²) in [6.45, 7) is 0. The lowest BCUT2D eigenvalue weighted by atomic mass is 10.2. The van der Waals surface area contributed by atoms with Crippen LogP contribution in [0, 0.1) is 0 Å². The largest absolute Gasteiger partial charge is 0.308 e. The van der Waals surface area contributed by atoms with E-state index in [4.69, 9.17) is 23.8 Å². The van der Waals surface area contributed by atoms with E-state index in [-0.39, 0.29) is 11.0 Å². The Morgan fingerprint density at radius 2 is 2.00 bits per heavy atom. The van der Waals surface area contributed by atoms with Crippen LogP contribution >= 0.6 is 51.1 Å². The van der Waals surface area contributed by atoms with Crippen LogP contribution in [0.2, 0.25) is 5.02 Å². The van der Waals surface area contributed by atoms with Crippen LogP contribution in [0.3, 0.4) is 0 Å². The molecular formula is C15H9BrClN3OS2. The Morgan fingerprint density at radius 1 is 1.22 bits per heavy atom. The van der Waals surface area contributed by atoms with Gasteiger partial charge in [0.1, 0.15) is 5.52 Å². The number of anilines is 1. The van der Waals surface area contributed by atoms with Gasteiger partial charge >= 0.3 is 0 Å². The molecule has 2 aromatic carbocycles. The highest BCUT2D eigenvalue weighted by Crippen LogP contribution is 2.30. The Morgan fingerprint density at radius 3 is 2.74 bits per heavy atom. The number of nitrogens with one attached hydrogen (secondary N) is 2. The SMILES string of the molecule is O=C(NC(=S)Nc1nc2c(Cl)cccc2s1)c1ccccc1Br. The third-order valence-corrected chi connectivity index (χ3v) is 5.07. The Hall–Kier alpha value is -1.54. The first-order valence-electron chi connectivity index (χ1n) is 6.46. The predicted molar refractivity (Wildman–Crippen MR) is 102 cm³/mol. The van der Waals surface area contributed by atoms with Crippen molar-refractivity contribution in [2.24, 2.45) is 0 Å². The van der Waals surface area contributed by atoms with E-state index in [2.05, 4.69) is 31.5 Å². The number of fused-ring (bicyclic) bond motifs is 1. The minimum Gasteiger partial charge on any atom is -0.308 e. The van der Waals surface area contributed by atoms with E-state index in [1.54, 1.807) is 24.3 Å².